The molecule has 1 aliphatic rings. The first kappa shape index (κ1) is 17.8. The molecule has 0 bridgehead atoms. The van der Waals surface area contributed by atoms with E-state index in [4.69, 9.17) is 0 Å². The summed E-state index contributed by atoms with van der Waals surface area (Å²) in [7, 11) is 0. The first-order valence-corrected chi connectivity index (χ1v) is 9.32. The molecule has 4 rings (SSSR count). The number of aromatic hydroxyl groups is 1. The number of H-pyrrole nitrogens is 1. The number of aromatic amines is 1. The lowest BCUT2D eigenvalue weighted by Crippen LogP contribution is -2.36. The van der Waals surface area contributed by atoms with Gasteiger partial charge in [0.1, 0.15) is 5.75 Å². The fraction of sp³-hybridized carbons (Fsp3) is 0.318. The second-order valence-corrected chi connectivity index (χ2v) is 7.44. The maximum absolute atomic E-state index is 11.6. The van der Waals surface area contributed by atoms with Crippen LogP contribution in [0.25, 0.3) is 10.9 Å². The monoisotopic (exact) mass is 364 g/mol. The highest BCUT2D eigenvalue weighted by Crippen LogP contribution is 2.41. The molecule has 3 aromatic rings. The van der Waals surface area contributed by atoms with Crippen LogP contribution >= 0.6 is 0 Å². The van der Waals surface area contributed by atoms with Crippen molar-refractivity contribution in [2.75, 3.05) is 6.54 Å². The van der Waals surface area contributed by atoms with Gasteiger partial charge in [-0.1, -0.05) is 44.2 Å². The van der Waals surface area contributed by atoms with Crippen molar-refractivity contribution in [3.8, 4) is 5.75 Å². The summed E-state index contributed by atoms with van der Waals surface area (Å²) in [5.41, 5.74) is 3.49. The molecule has 1 heterocycles. The topological polar surface area (TPSA) is 85.3 Å². The number of nitrogens with one attached hydrogen (secondary N) is 2. The Hall–Kier alpha value is -2.63. The molecule has 0 saturated carbocycles. The van der Waals surface area contributed by atoms with E-state index < -0.39 is 6.10 Å². The number of phenols is 1. The minimum Gasteiger partial charge on any atom is -0.506 e. The van der Waals surface area contributed by atoms with Crippen LogP contribution in [0.4, 0.5) is 0 Å². The molecule has 0 unspecified atom stereocenters. The van der Waals surface area contributed by atoms with Gasteiger partial charge in [-0.05, 0) is 40.7 Å². The molecule has 1 aliphatic carbocycles. The summed E-state index contributed by atoms with van der Waals surface area (Å²) >= 11 is 0. The van der Waals surface area contributed by atoms with Crippen LogP contribution in [0.5, 0.6) is 5.75 Å². The second-order valence-electron chi connectivity index (χ2n) is 7.44. The number of aromatic nitrogens is 1. The van der Waals surface area contributed by atoms with E-state index in [1.165, 1.54) is 23.3 Å². The first-order valence-electron chi connectivity index (χ1n) is 9.32. The zero-order chi connectivity index (χ0) is 19.1. The standard InChI is InChI=1S/C22H24N2O3/c1-12-14-5-3-4-6-15(14)13(2)21(12)23-11-19(26)16-7-9-18(25)22-17(16)8-10-20(27)24-22/h3-10,12-13,19,21,23,25-26H,11H2,1-2H3,(H,24,27)/t12-,13+,19-,21-/m0/s1. The molecule has 5 nitrogen and oxygen atoms in total. The average molecular weight is 364 g/mol. The van der Waals surface area contributed by atoms with Crippen molar-refractivity contribution in [1.82, 2.24) is 10.3 Å². The number of benzene rings is 2. The second kappa shape index (κ2) is 6.83. The lowest BCUT2D eigenvalue weighted by Gasteiger charge is -2.24. The third kappa shape index (κ3) is 3.03. The van der Waals surface area contributed by atoms with Gasteiger partial charge in [-0.2, -0.15) is 0 Å². The highest BCUT2D eigenvalue weighted by Gasteiger charge is 2.35. The molecule has 0 saturated heterocycles. The minimum atomic E-state index is -0.748. The molecular weight excluding hydrogens is 340 g/mol. The van der Waals surface area contributed by atoms with Crippen molar-refractivity contribution >= 4 is 10.9 Å². The van der Waals surface area contributed by atoms with E-state index >= 15 is 0 Å². The van der Waals surface area contributed by atoms with E-state index in [1.54, 1.807) is 12.1 Å². The van der Waals surface area contributed by atoms with Gasteiger partial charge in [0.05, 0.1) is 11.6 Å². The summed E-state index contributed by atoms with van der Waals surface area (Å²) in [6.07, 6.45) is -0.748. The Balaban J connectivity index is 1.56. The number of hydrogen-bond donors (Lipinski definition) is 4. The molecule has 4 atom stereocenters. The SMILES string of the molecule is C[C@@H]1c2ccccc2[C@H](C)[C@@H]1NC[C@H](O)c1ccc(O)c2[nH]c(=O)ccc12. The number of fused-ring (bicyclic) bond motifs is 2. The molecule has 1 aromatic heterocycles. The highest BCUT2D eigenvalue weighted by atomic mass is 16.3. The van der Waals surface area contributed by atoms with E-state index in [2.05, 4.69) is 48.4 Å². The van der Waals surface area contributed by atoms with Crippen LogP contribution in [-0.4, -0.2) is 27.8 Å². The maximum atomic E-state index is 11.6. The molecule has 0 spiro atoms. The van der Waals surface area contributed by atoms with Gasteiger partial charge < -0.3 is 20.5 Å². The van der Waals surface area contributed by atoms with Crippen molar-refractivity contribution in [3.05, 3.63) is 75.6 Å². The molecular formula is C22H24N2O3. The number of aliphatic hydroxyl groups excluding tert-OH is 1. The number of rotatable bonds is 4. The van der Waals surface area contributed by atoms with Gasteiger partial charge in [-0.25, -0.2) is 0 Å². The van der Waals surface area contributed by atoms with Gasteiger partial charge in [0.15, 0.2) is 0 Å². The lowest BCUT2D eigenvalue weighted by molar-refractivity contribution is 0.168. The van der Waals surface area contributed by atoms with Crippen LogP contribution in [0.1, 0.15) is 48.5 Å². The van der Waals surface area contributed by atoms with E-state index in [-0.39, 0.29) is 17.4 Å². The summed E-state index contributed by atoms with van der Waals surface area (Å²) in [4.78, 5) is 14.2. The van der Waals surface area contributed by atoms with Crippen LogP contribution in [0, 0.1) is 0 Å². The third-order valence-electron chi connectivity index (χ3n) is 5.87. The Labute approximate surface area is 157 Å². The predicted molar refractivity (Wildman–Crippen MR) is 106 cm³/mol. The number of phenolic OH excluding ortho intramolecular Hbond substituents is 1. The zero-order valence-electron chi connectivity index (χ0n) is 15.4. The van der Waals surface area contributed by atoms with Gasteiger partial charge in [0.25, 0.3) is 0 Å². The molecule has 0 radical (unpaired) electrons. The maximum Gasteiger partial charge on any atom is 0.248 e. The molecule has 27 heavy (non-hydrogen) atoms. The molecule has 140 valence electrons. The molecule has 0 fully saturated rings. The molecule has 4 N–H and O–H groups in total. The van der Waals surface area contributed by atoms with Crippen molar-refractivity contribution in [2.24, 2.45) is 0 Å². The minimum absolute atomic E-state index is 0.0000890. The Morgan fingerprint density at radius 1 is 1.04 bits per heavy atom. The van der Waals surface area contributed by atoms with Crippen molar-refractivity contribution in [3.63, 3.8) is 0 Å². The Morgan fingerprint density at radius 3 is 2.37 bits per heavy atom. The van der Waals surface area contributed by atoms with Crippen molar-refractivity contribution in [1.29, 1.82) is 0 Å². The van der Waals surface area contributed by atoms with Gasteiger partial charge >= 0.3 is 0 Å². The molecule has 0 amide bonds. The highest BCUT2D eigenvalue weighted by molar-refractivity contribution is 5.87. The van der Waals surface area contributed by atoms with Crippen molar-refractivity contribution in [2.45, 2.75) is 37.8 Å². The first-order chi connectivity index (χ1) is 13.0. The van der Waals surface area contributed by atoms with E-state index in [9.17, 15) is 15.0 Å². The summed E-state index contributed by atoms with van der Waals surface area (Å²) in [5.74, 6) is 0.743. The quantitative estimate of drug-likeness (QED) is 0.573. The predicted octanol–water partition coefficient (Wildman–Crippen LogP) is 3.15. The Bertz CT molecular complexity index is 1010. The zero-order valence-corrected chi connectivity index (χ0v) is 15.4. The largest absolute Gasteiger partial charge is 0.506 e. The Kier molecular flexibility index (Phi) is 4.50. The third-order valence-corrected chi connectivity index (χ3v) is 5.87. The normalized spacial score (nSPS) is 22.7. The van der Waals surface area contributed by atoms with Gasteiger partial charge in [0, 0.05) is 24.0 Å². The molecule has 5 heteroatoms. The number of pyridine rings is 1. The summed E-state index contributed by atoms with van der Waals surface area (Å²) < 4.78 is 0. The van der Waals surface area contributed by atoms with Gasteiger partial charge in [0.2, 0.25) is 5.56 Å². The van der Waals surface area contributed by atoms with E-state index in [0.29, 0.717) is 34.8 Å². The van der Waals surface area contributed by atoms with Crippen LogP contribution in [0.3, 0.4) is 0 Å². The van der Waals surface area contributed by atoms with Gasteiger partial charge in [-0.3, -0.25) is 4.79 Å². The lowest BCUT2D eigenvalue weighted by atomic mass is 9.96. The molecule has 0 aliphatic heterocycles. The van der Waals surface area contributed by atoms with Crippen molar-refractivity contribution < 1.29 is 10.2 Å². The summed E-state index contributed by atoms with van der Waals surface area (Å²) in [6.45, 7) is 4.83. The fourth-order valence-electron chi connectivity index (χ4n) is 4.42. The summed E-state index contributed by atoms with van der Waals surface area (Å²) in [6, 6.07) is 15.0. The van der Waals surface area contributed by atoms with Crippen LogP contribution in [0.2, 0.25) is 0 Å². The number of aliphatic hydroxyl groups is 1. The molecule has 2 aromatic carbocycles. The smallest absolute Gasteiger partial charge is 0.248 e. The van der Waals surface area contributed by atoms with Gasteiger partial charge in [-0.15, -0.1) is 0 Å². The number of hydrogen-bond acceptors (Lipinski definition) is 4. The van der Waals surface area contributed by atoms with E-state index in [0.717, 1.165) is 0 Å². The van der Waals surface area contributed by atoms with E-state index in [1.807, 2.05) is 0 Å². The van der Waals surface area contributed by atoms with Crippen LogP contribution in [-0.2, 0) is 0 Å². The Morgan fingerprint density at radius 2 is 1.70 bits per heavy atom. The fourth-order valence-corrected chi connectivity index (χ4v) is 4.42. The van der Waals surface area contributed by atoms with Crippen LogP contribution in [0.15, 0.2) is 53.3 Å². The van der Waals surface area contributed by atoms with Crippen LogP contribution < -0.4 is 10.9 Å². The average Bonchev–Trinajstić information content (AvgIpc) is 2.91. The summed E-state index contributed by atoms with van der Waals surface area (Å²) in [5, 5.41) is 25.0.